The number of hydrogen-bond donors (Lipinski definition) is 3. The highest BCUT2D eigenvalue weighted by Crippen LogP contribution is 2.33. The SMILES string of the molecule is C[C@@H](COC(F)F)Nc1ncc(C(=O)N[C@H]2CCN(S(=O)(=O)C3CC3)C2)c(N=CC2CCC(O)CC2)n1. The molecule has 37 heavy (non-hydrogen) atoms. The Hall–Kier alpha value is -2.29. The van der Waals surface area contributed by atoms with Gasteiger partial charge in [-0.3, -0.25) is 4.79 Å². The Morgan fingerprint density at radius 2 is 2.00 bits per heavy atom. The Morgan fingerprint density at radius 3 is 2.68 bits per heavy atom. The third-order valence-electron chi connectivity index (χ3n) is 6.80. The molecule has 1 saturated heterocycles. The fourth-order valence-electron chi connectivity index (χ4n) is 4.52. The van der Waals surface area contributed by atoms with Gasteiger partial charge in [0.25, 0.3) is 5.91 Å². The number of nitrogens with zero attached hydrogens (tertiary/aromatic N) is 4. The van der Waals surface area contributed by atoms with Gasteiger partial charge < -0.3 is 20.5 Å². The van der Waals surface area contributed by atoms with Crippen LogP contribution in [0.15, 0.2) is 11.2 Å². The number of carbonyl (C=O) groups excluding carboxylic acids is 1. The van der Waals surface area contributed by atoms with Crippen molar-refractivity contribution >= 4 is 33.9 Å². The number of alkyl halides is 2. The topological polar surface area (TPSA) is 146 Å². The van der Waals surface area contributed by atoms with E-state index >= 15 is 0 Å². The summed E-state index contributed by atoms with van der Waals surface area (Å²) >= 11 is 0. The van der Waals surface area contributed by atoms with Gasteiger partial charge in [-0.1, -0.05) is 0 Å². The summed E-state index contributed by atoms with van der Waals surface area (Å²) in [6.07, 6.45) is 7.46. The number of aromatic nitrogens is 2. The Morgan fingerprint density at radius 1 is 1.27 bits per heavy atom. The molecule has 0 aromatic carbocycles. The number of aliphatic hydroxyl groups is 1. The number of ether oxygens (including phenoxy) is 1. The van der Waals surface area contributed by atoms with Crippen molar-refractivity contribution in [1.29, 1.82) is 0 Å². The molecule has 1 amide bonds. The molecule has 1 aromatic rings. The van der Waals surface area contributed by atoms with Crippen molar-refractivity contribution in [3.8, 4) is 0 Å². The van der Waals surface area contributed by atoms with Gasteiger partial charge in [-0.15, -0.1) is 0 Å². The van der Waals surface area contributed by atoms with Crippen molar-refractivity contribution in [3.05, 3.63) is 11.8 Å². The lowest BCUT2D eigenvalue weighted by Gasteiger charge is -2.22. The molecule has 14 heteroatoms. The van der Waals surface area contributed by atoms with E-state index in [1.54, 1.807) is 13.1 Å². The smallest absolute Gasteiger partial charge is 0.345 e. The summed E-state index contributed by atoms with van der Waals surface area (Å²) < 4.78 is 55.5. The second-order valence-electron chi connectivity index (χ2n) is 9.98. The number of rotatable bonds is 11. The van der Waals surface area contributed by atoms with Crippen LogP contribution in [0.5, 0.6) is 0 Å². The fraction of sp³-hybridized carbons (Fsp3) is 0.739. The minimum absolute atomic E-state index is 0.107. The molecule has 0 spiro atoms. The van der Waals surface area contributed by atoms with Gasteiger partial charge in [-0.2, -0.15) is 18.1 Å². The minimum Gasteiger partial charge on any atom is -0.393 e. The van der Waals surface area contributed by atoms with Crippen LogP contribution in [-0.4, -0.2) is 89.7 Å². The number of aliphatic hydroxyl groups excluding tert-OH is 1. The monoisotopic (exact) mass is 544 g/mol. The van der Waals surface area contributed by atoms with E-state index in [1.165, 1.54) is 10.5 Å². The molecule has 1 aliphatic heterocycles. The number of halogens is 2. The predicted molar refractivity (Wildman–Crippen MR) is 133 cm³/mol. The lowest BCUT2D eigenvalue weighted by atomic mass is 9.88. The molecule has 2 atom stereocenters. The third-order valence-corrected chi connectivity index (χ3v) is 9.17. The van der Waals surface area contributed by atoms with Crippen LogP contribution in [0.3, 0.4) is 0 Å². The van der Waals surface area contributed by atoms with Crippen molar-refractivity contribution in [1.82, 2.24) is 19.6 Å². The van der Waals surface area contributed by atoms with Crippen LogP contribution in [0, 0.1) is 5.92 Å². The van der Waals surface area contributed by atoms with Crippen molar-refractivity contribution in [2.24, 2.45) is 10.9 Å². The number of carbonyl (C=O) groups is 1. The van der Waals surface area contributed by atoms with Crippen LogP contribution in [0.1, 0.15) is 62.2 Å². The summed E-state index contributed by atoms with van der Waals surface area (Å²) in [5.41, 5.74) is 0.123. The van der Waals surface area contributed by atoms with Crippen LogP contribution in [0.25, 0.3) is 0 Å². The first-order valence-electron chi connectivity index (χ1n) is 12.7. The Kier molecular flexibility index (Phi) is 9.03. The normalized spacial score (nSPS) is 26.0. The van der Waals surface area contributed by atoms with Crippen LogP contribution in [0.2, 0.25) is 0 Å². The molecule has 0 unspecified atom stereocenters. The van der Waals surface area contributed by atoms with E-state index in [1.807, 2.05) is 0 Å². The van der Waals surface area contributed by atoms with Crippen molar-refractivity contribution in [2.75, 3.05) is 25.0 Å². The number of aliphatic imine (C=N–C) groups is 1. The average Bonchev–Trinajstić information content (AvgIpc) is 3.62. The molecule has 11 nitrogen and oxygen atoms in total. The fourth-order valence-corrected chi connectivity index (χ4v) is 6.42. The Balaban J connectivity index is 1.46. The highest BCUT2D eigenvalue weighted by molar-refractivity contribution is 7.90. The summed E-state index contributed by atoms with van der Waals surface area (Å²) in [4.78, 5) is 26.1. The number of sulfonamides is 1. The highest BCUT2D eigenvalue weighted by atomic mass is 32.2. The molecule has 3 aliphatic rings. The molecule has 0 bridgehead atoms. The van der Waals surface area contributed by atoms with Gasteiger partial charge in [-0.25, -0.2) is 18.4 Å². The maximum Gasteiger partial charge on any atom is 0.345 e. The van der Waals surface area contributed by atoms with Gasteiger partial charge in [0.2, 0.25) is 16.0 Å². The zero-order valence-corrected chi connectivity index (χ0v) is 21.5. The Labute approximate surface area is 215 Å². The van der Waals surface area contributed by atoms with Crippen LogP contribution in [-0.2, 0) is 14.8 Å². The van der Waals surface area contributed by atoms with E-state index < -0.39 is 28.6 Å². The molecule has 2 saturated carbocycles. The number of nitrogens with one attached hydrogen (secondary N) is 2. The van der Waals surface area contributed by atoms with E-state index in [-0.39, 0.29) is 53.8 Å². The summed E-state index contributed by atoms with van der Waals surface area (Å²) in [5.74, 6) is -0.123. The molecule has 1 aromatic heterocycles. The van der Waals surface area contributed by atoms with Gasteiger partial charge in [0.1, 0.15) is 5.56 Å². The van der Waals surface area contributed by atoms with Gasteiger partial charge >= 0.3 is 6.61 Å². The molecule has 206 valence electrons. The first kappa shape index (κ1) is 27.7. The molecule has 3 fully saturated rings. The van der Waals surface area contributed by atoms with E-state index in [2.05, 4.69) is 30.3 Å². The van der Waals surface area contributed by atoms with Gasteiger partial charge in [0.15, 0.2) is 5.82 Å². The first-order valence-corrected chi connectivity index (χ1v) is 14.2. The summed E-state index contributed by atoms with van der Waals surface area (Å²) in [6.45, 7) is -0.954. The van der Waals surface area contributed by atoms with Gasteiger partial charge in [-0.05, 0) is 57.8 Å². The van der Waals surface area contributed by atoms with E-state index in [9.17, 15) is 27.1 Å². The first-order chi connectivity index (χ1) is 17.6. The average molecular weight is 545 g/mol. The highest BCUT2D eigenvalue weighted by Gasteiger charge is 2.43. The van der Waals surface area contributed by atoms with E-state index in [0.29, 0.717) is 38.6 Å². The number of anilines is 1. The van der Waals surface area contributed by atoms with Gasteiger partial charge in [0, 0.05) is 37.6 Å². The second-order valence-corrected chi connectivity index (χ2v) is 12.2. The summed E-state index contributed by atoms with van der Waals surface area (Å²) in [7, 11) is -3.31. The van der Waals surface area contributed by atoms with E-state index in [0.717, 1.165) is 12.8 Å². The zero-order chi connectivity index (χ0) is 26.6. The standard InChI is InChI=1S/C23H34F2N6O5S/c1-14(13-36-22(24)25)28-23-27-11-19(20(30-23)26-10-15-2-4-17(32)5-3-15)21(33)29-16-8-9-31(12-16)37(34,35)18-6-7-18/h10-11,14-18,22,32H,2-9,12-13H2,1H3,(H,29,33)(H,27,28,30)/t14-,15?,16-,17?/m0/s1. The Bertz CT molecular complexity index is 1080. The van der Waals surface area contributed by atoms with Crippen LogP contribution in [0.4, 0.5) is 20.5 Å². The molecule has 2 heterocycles. The zero-order valence-electron chi connectivity index (χ0n) is 20.7. The maximum atomic E-state index is 13.1. The summed E-state index contributed by atoms with van der Waals surface area (Å²) in [6, 6.07) is -0.870. The number of hydrogen-bond acceptors (Lipinski definition) is 9. The molecular formula is C23H34F2N6O5S. The predicted octanol–water partition coefficient (Wildman–Crippen LogP) is 2.07. The largest absolute Gasteiger partial charge is 0.393 e. The quantitative estimate of drug-likeness (QED) is 0.359. The van der Waals surface area contributed by atoms with Crippen molar-refractivity contribution < 1.29 is 31.8 Å². The molecular weight excluding hydrogens is 510 g/mol. The summed E-state index contributed by atoms with van der Waals surface area (Å²) in [5, 5.41) is 15.2. The molecule has 2 aliphatic carbocycles. The molecule has 4 rings (SSSR count). The van der Waals surface area contributed by atoms with Crippen LogP contribution >= 0.6 is 0 Å². The second kappa shape index (κ2) is 12.0. The lowest BCUT2D eigenvalue weighted by molar-refractivity contribution is -0.130. The van der Waals surface area contributed by atoms with Gasteiger partial charge in [0.05, 0.1) is 18.0 Å². The van der Waals surface area contributed by atoms with Crippen molar-refractivity contribution in [3.63, 3.8) is 0 Å². The van der Waals surface area contributed by atoms with E-state index in [4.69, 9.17) is 0 Å². The molecule has 3 N–H and O–H groups in total. The van der Waals surface area contributed by atoms with Crippen molar-refractivity contribution in [2.45, 2.75) is 81.9 Å². The maximum absolute atomic E-state index is 13.1. The number of amides is 1. The third kappa shape index (κ3) is 7.62. The minimum atomic E-state index is -3.31. The lowest BCUT2D eigenvalue weighted by Crippen LogP contribution is -2.39. The van der Waals surface area contributed by atoms with Crippen LogP contribution < -0.4 is 10.6 Å². The molecule has 0 radical (unpaired) electrons.